The van der Waals surface area contributed by atoms with Crippen LogP contribution in [0.4, 0.5) is 5.69 Å². The third-order valence-electron chi connectivity index (χ3n) is 6.90. The number of benzene rings is 4. The molecule has 0 unspecified atom stereocenters. The van der Waals surface area contributed by atoms with Crippen molar-refractivity contribution in [3.05, 3.63) is 124 Å². The molecule has 1 amide bonds. The molecule has 202 valence electrons. The Labute approximate surface area is 234 Å². The summed E-state index contributed by atoms with van der Waals surface area (Å²) in [5.41, 5.74) is 4.74. The summed E-state index contributed by atoms with van der Waals surface area (Å²) in [7, 11) is 1.65. The van der Waals surface area contributed by atoms with E-state index in [4.69, 9.17) is 9.72 Å². The SMILES string of the molecule is COc1ccc(-c2ccc(Cn3c(Cc4ccccc4)nc4ccc(NC(=O)C(C)(C)C)cc4c3=O)cc2)cc1. The molecule has 40 heavy (non-hydrogen) atoms. The average molecular weight is 532 g/mol. The molecule has 0 saturated heterocycles. The molecule has 0 fully saturated rings. The van der Waals surface area contributed by atoms with Gasteiger partial charge in [-0.2, -0.15) is 0 Å². The summed E-state index contributed by atoms with van der Waals surface area (Å²) in [6.45, 7) is 5.94. The van der Waals surface area contributed by atoms with E-state index >= 15 is 0 Å². The lowest BCUT2D eigenvalue weighted by Crippen LogP contribution is -2.28. The summed E-state index contributed by atoms with van der Waals surface area (Å²) in [6, 6.07) is 31.5. The first-order chi connectivity index (χ1) is 19.2. The smallest absolute Gasteiger partial charge is 0.261 e. The molecule has 1 N–H and O–H groups in total. The lowest BCUT2D eigenvalue weighted by atomic mass is 9.95. The zero-order valence-electron chi connectivity index (χ0n) is 23.3. The number of ether oxygens (including phenoxy) is 1. The largest absolute Gasteiger partial charge is 0.497 e. The molecule has 1 heterocycles. The summed E-state index contributed by atoms with van der Waals surface area (Å²) in [5.74, 6) is 1.39. The van der Waals surface area contributed by atoms with Crippen molar-refractivity contribution >= 4 is 22.5 Å². The molecular weight excluding hydrogens is 498 g/mol. The molecule has 4 aromatic carbocycles. The quantitative estimate of drug-likeness (QED) is 0.254. The number of fused-ring (bicyclic) bond motifs is 1. The van der Waals surface area contributed by atoms with Crippen LogP contribution in [0.15, 0.2) is 102 Å². The number of carbonyl (C=O) groups excluding carboxylic acids is 1. The van der Waals surface area contributed by atoms with Crippen LogP contribution in [0.1, 0.15) is 37.7 Å². The van der Waals surface area contributed by atoms with Crippen molar-refractivity contribution in [1.82, 2.24) is 9.55 Å². The molecule has 0 radical (unpaired) electrons. The number of methoxy groups -OCH3 is 1. The van der Waals surface area contributed by atoms with Crippen LogP contribution in [-0.4, -0.2) is 22.6 Å². The van der Waals surface area contributed by atoms with Crippen molar-refractivity contribution in [2.45, 2.75) is 33.7 Å². The van der Waals surface area contributed by atoms with Gasteiger partial charge in [0.05, 0.1) is 24.6 Å². The second-order valence-corrected chi connectivity index (χ2v) is 10.9. The van der Waals surface area contributed by atoms with E-state index in [0.717, 1.165) is 28.0 Å². The Balaban J connectivity index is 1.52. The van der Waals surface area contributed by atoms with Gasteiger partial charge in [-0.25, -0.2) is 4.98 Å². The standard InChI is InChI=1S/C34H33N3O3/c1-34(2,3)33(39)35-27-16-19-30-29(21-27)32(38)37(31(36-30)20-23-8-6-5-7-9-23)22-24-10-12-25(13-11-24)26-14-17-28(40-4)18-15-26/h5-19,21H,20,22H2,1-4H3,(H,35,39). The maximum Gasteiger partial charge on any atom is 0.261 e. The number of rotatable bonds is 7. The summed E-state index contributed by atoms with van der Waals surface area (Å²) in [5, 5.41) is 3.40. The fourth-order valence-corrected chi connectivity index (χ4v) is 4.51. The predicted molar refractivity (Wildman–Crippen MR) is 161 cm³/mol. The molecular formula is C34H33N3O3. The molecule has 0 bridgehead atoms. The Morgan fingerprint density at radius 2 is 1.50 bits per heavy atom. The summed E-state index contributed by atoms with van der Waals surface area (Å²) >= 11 is 0. The van der Waals surface area contributed by atoms with Crippen LogP contribution >= 0.6 is 0 Å². The minimum absolute atomic E-state index is 0.113. The molecule has 0 aliphatic rings. The molecule has 6 heteroatoms. The summed E-state index contributed by atoms with van der Waals surface area (Å²) < 4.78 is 7.01. The predicted octanol–water partition coefficient (Wildman–Crippen LogP) is 6.70. The second kappa shape index (κ2) is 11.2. The zero-order chi connectivity index (χ0) is 28.3. The van der Waals surface area contributed by atoms with E-state index < -0.39 is 5.41 Å². The highest BCUT2D eigenvalue weighted by atomic mass is 16.5. The third-order valence-corrected chi connectivity index (χ3v) is 6.90. The maximum absolute atomic E-state index is 13.9. The number of carbonyl (C=O) groups is 1. The van der Waals surface area contributed by atoms with Crippen molar-refractivity contribution in [2.75, 3.05) is 12.4 Å². The molecule has 0 saturated carbocycles. The van der Waals surface area contributed by atoms with Gasteiger partial charge in [0.1, 0.15) is 11.6 Å². The van der Waals surface area contributed by atoms with E-state index in [1.54, 1.807) is 29.9 Å². The first-order valence-corrected chi connectivity index (χ1v) is 13.3. The van der Waals surface area contributed by atoms with E-state index in [0.29, 0.717) is 35.4 Å². The Morgan fingerprint density at radius 3 is 2.12 bits per heavy atom. The Kier molecular flexibility index (Phi) is 7.52. The molecule has 5 rings (SSSR count). The van der Waals surface area contributed by atoms with Gasteiger partial charge in [0.15, 0.2) is 0 Å². The number of nitrogens with one attached hydrogen (secondary N) is 1. The molecule has 0 atom stereocenters. The van der Waals surface area contributed by atoms with Crippen LogP contribution in [0.3, 0.4) is 0 Å². The molecule has 0 aliphatic heterocycles. The molecule has 5 aromatic rings. The van der Waals surface area contributed by atoms with Gasteiger partial charge >= 0.3 is 0 Å². The van der Waals surface area contributed by atoms with Crippen molar-refractivity contribution in [3.8, 4) is 16.9 Å². The van der Waals surface area contributed by atoms with Crippen LogP contribution in [0.2, 0.25) is 0 Å². The average Bonchev–Trinajstić information content (AvgIpc) is 2.96. The number of hydrogen-bond acceptors (Lipinski definition) is 4. The highest BCUT2D eigenvalue weighted by molar-refractivity contribution is 5.96. The van der Waals surface area contributed by atoms with Crippen LogP contribution in [0.5, 0.6) is 5.75 Å². The van der Waals surface area contributed by atoms with Crippen LogP contribution < -0.4 is 15.6 Å². The first kappa shape index (κ1) is 26.9. The van der Waals surface area contributed by atoms with Gasteiger partial charge < -0.3 is 10.1 Å². The Morgan fingerprint density at radius 1 is 0.850 bits per heavy atom. The fourth-order valence-electron chi connectivity index (χ4n) is 4.51. The number of amides is 1. The minimum atomic E-state index is -0.551. The van der Waals surface area contributed by atoms with E-state index in [1.165, 1.54) is 0 Å². The highest BCUT2D eigenvalue weighted by Gasteiger charge is 2.21. The fraction of sp³-hybridized carbons (Fsp3) is 0.206. The van der Waals surface area contributed by atoms with Gasteiger partial charge in [-0.3, -0.25) is 14.2 Å². The summed E-state index contributed by atoms with van der Waals surface area (Å²) in [4.78, 5) is 31.4. The lowest BCUT2D eigenvalue weighted by Gasteiger charge is -2.18. The minimum Gasteiger partial charge on any atom is -0.497 e. The van der Waals surface area contributed by atoms with Crippen molar-refractivity contribution in [2.24, 2.45) is 5.41 Å². The summed E-state index contributed by atoms with van der Waals surface area (Å²) in [6.07, 6.45) is 0.526. The van der Waals surface area contributed by atoms with Crippen molar-refractivity contribution in [1.29, 1.82) is 0 Å². The molecule has 0 spiro atoms. The van der Waals surface area contributed by atoms with Crippen molar-refractivity contribution < 1.29 is 9.53 Å². The van der Waals surface area contributed by atoms with Crippen LogP contribution in [0.25, 0.3) is 22.0 Å². The first-order valence-electron chi connectivity index (χ1n) is 13.3. The van der Waals surface area contributed by atoms with Gasteiger partial charge in [-0.1, -0.05) is 87.5 Å². The van der Waals surface area contributed by atoms with Gasteiger partial charge in [0.25, 0.3) is 5.56 Å². The van der Waals surface area contributed by atoms with E-state index in [-0.39, 0.29) is 11.5 Å². The zero-order valence-corrected chi connectivity index (χ0v) is 23.3. The topological polar surface area (TPSA) is 73.2 Å². The number of aromatic nitrogens is 2. The van der Waals surface area contributed by atoms with Gasteiger partial charge in [0.2, 0.25) is 5.91 Å². The Bertz CT molecular complexity index is 1700. The highest BCUT2D eigenvalue weighted by Crippen LogP contribution is 2.24. The third kappa shape index (κ3) is 5.96. The van der Waals surface area contributed by atoms with Gasteiger partial charge in [-0.05, 0) is 52.6 Å². The molecule has 0 aliphatic carbocycles. The second-order valence-electron chi connectivity index (χ2n) is 10.9. The van der Waals surface area contributed by atoms with E-state index in [9.17, 15) is 9.59 Å². The number of anilines is 1. The van der Waals surface area contributed by atoms with Crippen molar-refractivity contribution in [3.63, 3.8) is 0 Å². The molecule has 6 nitrogen and oxygen atoms in total. The maximum atomic E-state index is 13.9. The van der Waals surface area contributed by atoms with E-state index in [2.05, 4.69) is 17.4 Å². The normalized spacial score (nSPS) is 11.4. The van der Waals surface area contributed by atoms with Gasteiger partial charge in [-0.15, -0.1) is 0 Å². The lowest BCUT2D eigenvalue weighted by molar-refractivity contribution is -0.123. The van der Waals surface area contributed by atoms with Gasteiger partial charge in [0, 0.05) is 17.5 Å². The monoisotopic (exact) mass is 531 g/mol. The van der Waals surface area contributed by atoms with E-state index in [1.807, 2.05) is 87.5 Å². The molecule has 1 aromatic heterocycles. The van der Waals surface area contributed by atoms with Crippen LogP contribution in [-0.2, 0) is 17.8 Å². The number of hydrogen-bond donors (Lipinski definition) is 1. The number of nitrogens with zero attached hydrogens (tertiary/aromatic N) is 2. The Hall–Kier alpha value is -4.71. The van der Waals surface area contributed by atoms with Crippen LogP contribution in [0, 0.1) is 5.41 Å².